The van der Waals surface area contributed by atoms with Gasteiger partial charge in [-0.15, -0.1) is 0 Å². The summed E-state index contributed by atoms with van der Waals surface area (Å²) in [6, 6.07) is 8.94. The third-order valence-corrected chi connectivity index (χ3v) is 7.28. The van der Waals surface area contributed by atoms with E-state index in [1.807, 2.05) is 26.2 Å². The molecule has 3 aromatic rings. The minimum atomic E-state index is -3.30. The fraction of sp³-hybridized carbons (Fsp3) is 0.400. The number of nitrogens with one attached hydrogen (secondary N) is 1. The number of fused-ring (bicyclic) bond motifs is 1. The number of aromatic nitrogens is 3. The van der Waals surface area contributed by atoms with Gasteiger partial charge in [0, 0.05) is 19.3 Å². The Labute approximate surface area is 164 Å². The highest BCUT2D eigenvalue weighted by atomic mass is 32.2. The van der Waals surface area contributed by atoms with E-state index in [2.05, 4.69) is 19.9 Å². The normalized spacial score (nSPS) is 19.4. The summed E-state index contributed by atoms with van der Waals surface area (Å²) in [5.74, 6) is 1.90. The smallest absolute Gasteiger partial charge is 0.178 e. The van der Waals surface area contributed by atoms with Crippen molar-refractivity contribution in [3.8, 4) is 5.75 Å². The second kappa shape index (κ2) is 7.43. The molecule has 0 unspecified atom stereocenters. The van der Waals surface area contributed by atoms with Gasteiger partial charge in [0.2, 0.25) is 0 Å². The molecule has 0 spiro atoms. The minimum Gasteiger partial charge on any atom is -0.494 e. The van der Waals surface area contributed by atoms with Crippen molar-refractivity contribution in [1.82, 2.24) is 15.0 Å². The number of anilines is 1. The Kier molecular flexibility index (Phi) is 4.97. The Morgan fingerprint density at radius 3 is 2.64 bits per heavy atom. The summed E-state index contributed by atoms with van der Waals surface area (Å²) >= 11 is 0. The van der Waals surface area contributed by atoms with Crippen LogP contribution in [0.4, 0.5) is 5.82 Å². The van der Waals surface area contributed by atoms with Crippen LogP contribution in [0.25, 0.3) is 11.0 Å². The number of H-pyrrole nitrogens is 1. The summed E-state index contributed by atoms with van der Waals surface area (Å²) in [7, 11) is -1.29. The lowest BCUT2D eigenvalue weighted by molar-refractivity contribution is 0.282. The van der Waals surface area contributed by atoms with Crippen molar-refractivity contribution in [2.75, 3.05) is 24.3 Å². The van der Waals surface area contributed by atoms with Crippen molar-refractivity contribution in [2.24, 2.45) is 5.92 Å². The lowest BCUT2D eigenvalue weighted by Crippen LogP contribution is -2.45. The molecule has 7 nitrogen and oxygen atoms in total. The van der Waals surface area contributed by atoms with E-state index >= 15 is 0 Å². The second-order valence-electron chi connectivity index (χ2n) is 7.23. The highest BCUT2D eigenvalue weighted by Crippen LogP contribution is 2.36. The van der Waals surface area contributed by atoms with Crippen LogP contribution in [0.15, 0.2) is 47.8 Å². The van der Waals surface area contributed by atoms with Crippen LogP contribution in [-0.4, -0.2) is 48.8 Å². The average Bonchev–Trinajstić information content (AvgIpc) is 3.13. The lowest BCUT2D eigenvalue weighted by Gasteiger charge is -2.41. The molecule has 4 rings (SSSR count). The van der Waals surface area contributed by atoms with Crippen molar-refractivity contribution in [3.05, 3.63) is 42.9 Å². The fourth-order valence-corrected chi connectivity index (χ4v) is 5.42. The molecule has 0 amide bonds. The maximum atomic E-state index is 12.7. The van der Waals surface area contributed by atoms with E-state index in [1.54, 1.807) is 30.6 Å². The van der Waals surface area contributed by atoms with E-state index in [0.29, 0.717) is 17.3 Å². The second-order valence-corrected chi connectivity index (χ2v) is 9.26. The Hall–Kier alpha value is -2.61. The number of rotatable bonds is 7. The zero-order valence-corrected chi connectivity index (χ0v) is 16.8. The molecular weight excluding hydrogens is 376 g/mol. The first-order chi connectivity index (χ1) is 13.5. The van der Waals surface area contributed by atoms with Gasteiger partial charge in [0.15, 0.2) is 9.84 Å². The molecule has 0 bridgehead atoms. The largest absolute Gasteiger partial charge is 0.494 e. The summed E-state index contributed by atoms with van der Waals surface area (Å²) in [5.41, 5.74) is 0.811. The number of benzene rings is 1. The van der Waals surface area contributed by atoms with Gasteiger partial charge in [0.05, 0.1) is 22.6 Å². The Balaban J connectivity index is 1.39. The highest BCUT2D eigenvalue weighted by Gasteiger charge is 2.36. The van der Waals surface area contributed by atoms with Gasteiger partial charge in [-0.05, 0) is 56.0 Å². The lowest BCUT2D eigenvalue weighted by atomic mass is 9.81. The molecule has 148 valence electrons. The van der Waals surface area contributed by atoms with Crippen molar-refractivity contribution in [3.63, 3.8) is 0 Å². The number of ether oxygens (including phenoxy) is 1. The molecule has 1 fully saturated rings. The molecule has 1 aliphatic carbocycles. The topological polar surface area (TPSA) is 88.2 Å². The molecule has 2 heterocycles. The van der Waals surface area contributed by atoms with Gasteiger partial charge >= 0.3 is 0 Å². The van der Waals surface area contributed by atoms with Gasteiger partial charge in [-0.2, -0.15) is 0 Å². The molecule has 1 saturated carbocycles. The predicted molar refractivity (Wildman–Crippen MR) is 108 cm³/mol. The number of nitrogens with zero attached hydrogens (tertiary/aromatic N) is 3. The quantitative estimate of drug-likeness (QED) is 0.656. The van der Waals surface area contributed by atoms with Crippen LogP contribution >= 0.6 is 0 Å². The third-order valence-electron chi connectivity index (χ3n) is 5.37. The number of hydrogen-bond acceptors (Lipinski definition) is 6. The molecule has 0 atom stereocenters. The number of aromatic amines is 1. The van der Waals surface area contributed by atoms with E-state index in [0.717, 1.165) is 29.7 Å². The first-order valence-electron chi connectivity index (χ1n) is 9.44. The zero-order chi connectivity index (χ0) is 19.7. The fourth-order valence-electron chi connectivity index (χ4n) is 3.78. The van der Waals surface area contributed by atoms with Gasteiger partial charge in [-0.3, -0.25) is 0 Å². The predicted octanol–water partition coefficient (Wildman–Crippen LogP) is 3.05. The number of hydrogen-bond donors (Lipinski definition) is 1. The van der Waals surface area contributed by atoms with E-state index < -0.39 is 9.84 Å². The van der Waals surface area contributed by atoms with Gasteiger partial charge in [-0.25, -0.2) is 18.4 Å². The maximum Gasteiger partial charge on any atom is 0.178 e. The molecule has 1 aromatic carbocycles. The van der Waals surface area contributed by atoms with Gasteiger partial charge in [-0.1, -0.05) is 0 Å². The summed E-state index contributed by atoms with van der Waals surface area (Å²) in [4.78, 5) is 14.2. The molecule has 2 aromatic heterocycles. The third kappa shape index (κ3) is 3.56. The summed E-state index contributed by atoms with van der Waals surface area (Å²) in [5, 5.41) is 0.982. The van der Waals surface area contributed by atoms with Gasteiger partial charge in [0.1, 0.15) is 23.5 Å². The van der Waals surface area contributed by atoms with E-state index in [1.165, 1.54) is 0 Å². The highest BCUT2D eigenvalue weighted by molar-refractivity contribution is 7.91. The molecular formula is C20H24N4O3S. The maximum absolute atomic E-state index is 12.7. The van der Waals surface area contributed by atoms with Crippen LogP contribution in [0.3, 0.4) is 0 Å². The van der Waals surface area contributed by atoms with E-state index in [9.17, 15) is 8.42 Å². The molecule has 0 aliphatic heterocycles. The number of sulfone groups is 1. The van der Waals surface area contributed by atoms with Gasteiger partial charge in [0.25, 0.3) is 0 Å². The first-order valence-corrected chi connectivity index (χ1v) is 11.1. The van der Waals surface area contributed by atoms with Crippen LogP contribution in [0.1, 0.15) is 19.8 Å². The van der Waals surface area contributed by atoms with Crippen molar-refractivity contribution in [1.29, 1.82) is 0 Å². The SMILES string of the molecule is CCOc1ccc(S(=O)(=O)CC2CC(N(C)c3ncnc4[nH]ccc34)C2)cc1. The molecule has 0 radical (unpaired) electrons. The van der Waals surface area contributed by atoms with Crippen LogP contribution in [0.2, 0.25) is 0 Å². The summed E-state index contributed by atoms with van der Waals surface area (Å²) in [6.45, 7) is 2.46. The van der Waals surface area contributed by atoms with Crippen LogP contribution in [0.5, 0.6) is 5.75 Å². The molecule has 0 saturated heterocycles. The average molecular weight is 401 g/mol. The molecule has 28 heavy (non-hydrogen) atoms. The van der Waals surface area contributed by atoms with E-state index in [4.69, 9.17) is 4.74 Å². The standard InChI is InChI=1S/C20H24N4O3S/c1-3-27-16-4-6-17(7-5-16)28(25,26)12-14-10-15(11-14)24(2)20-18-8-9-21-19(18)22-13-23-20/h4-9,13-15H,3,10-12H2,1-2H3,(H,21,22,23). The van der Waals surface area contributed by atoms with E-state index in [-0.39, 0.29) is 17.7 Å². The Morgan fingerprint density at radius 2 is 1.93 bits per heavy atom. The van der Waals surface area contributed by atoms with Crippen LogP contribution in [-0.2, 0) is 9.84 Å². The summed E-state index contributed by atoms with van der Waals surface area (Å²) in [6.07, 6.45) is 5.08. The Bertz CT molecular complexity index is 1060. The first kappa shape index (κ1) is 18.7. The minimum absolute atomic E-state index is 0.160. The zero-order valence-electron chi connectivity index (χ0n) is 16.0. The molecule has 8 heteroatoms. The molecule has 1 aliphatic rings. The van der Waals surface area contributed by atoms with Crippen molar-refractivity contribution in [2.45, 2.75) is 30.7 Å². The van der Waals surface area contributed by atoms with Crippen molar-refractivity contribution >= 4 is 26.7 Å². The monoisotopic (exact) mass is 400 g/mol. The summed E-state index contributed by atoms with van der Waals surface area (Å²) < 4.78 is 30.8. The van der Waals surface area contributed by atoms with Crippen LogP contribution < -0.4 is 9.64 Å². The van der Waals surface area contributed by atoms with Crippen LogP contribution in [0, 0.1) is 5.92 Å². The Morgan fingerprint density at radius 1 is 1.18 bits per heavy atom. The van der Waals surface area contributed by atoms with Gasteiger partial charge < -0.3 is 14.6 Å². The van der Waals surface area contributed by atoms with Crippen molar-refractivity contribution < 1.29 is 13.2 Å². The molecule has 1 N–H and O–H groups in total.